The fourth-order valence-corrected chi connectivity index (χ4v) is 4.90. The molecule has 5 nitrogen and oxygen atoms in total. The zero-order valence-corrected chi connectivity index (χ0v) is 15.2. The molecule has 1 aromatic carbocycles. The van der Waals surface area contributed by atoms with Crippen molar-refractivity contribution in [2.75, 3.05) is 17.4 Å². The van der Waals surface area contributed by atoms with Gasteiger partial charge in [0.2, 0.25) is 5.91 Å². The Kier molecular flexibility index (Phi) is 5.03. The molecule has 0 N–H and O–H groups in total. The zero-order valence-electron chi connectivity index (χ0n) is 14.4. The van der Waals surface area contributed by atoms with Crippen LogP contribution in [0.3, 0.4) is 0 Å². The molecular formula is C17H23FN2O3S. The number of halogens is 1. The largest absolute Gasteiger partial charge is 0.339 e. The third-order valence-electron chi connectivity index (χ3n) is 4.30. The second-order valence-corrected chi connectivity index (χ2v) is 7.88. The van der Waals surface area contributed by atoms with Gasteiger partial charge in [0.1, 0.15) is 5.82 Å². The lowest BCUT2D eigenvalue weighted by Crippen LogP contribution is -2.46. The Balaban J connectivity index is 2.39. The van der Waals surface area contributed by atoms with Gasteiger partial charge in [0.05, 0.1) is 16.6 Å². The van der Waals surface area contributed by atoms with E-state index >= 15 is 0 Å². The number of carbonyl (C=O) groups excluding carboxylic acids is 1. The number of anilines is 1. The molecule has 1 aliphatic heterocycles. The standard InChI is InChI=1S/C17H23FN2O3S/c1-5-16(21)19(6-2)11-13-12-24(22,23)20(17(13,3)4)15-9-7-14(18)8-10-15/h7-10,12H,5-6,11H2,1-4H3. The van der Waals surface area contributed by atoms with Crippen molar-refractivity contribution >= 4 is 21.6 Å². The molecule has 24 heavy (non-hydrogen) atoms. The van der Waals surface area contributed by atoms with Gasteiger partial charge in [-0.1, -0.05) is 6.92 Å². The predicted octanol–water partition coefficient (Wildman–Crippen LogP) is 2.90. The Labute approximate surface area is 142 Å². The first kappa shape index (κ1) is 18.4. The number of hydrogen-bond donors (Lipinski definition) is 0. The van der Waals surface area contributed by atoms with Crippen LogP contribution in [-0.4, -0.2) is 37.9 Å². The average molecular weight is 354 g/mol. The van der Waals surface area contributed by atoms with Crippen LogP contribution in [0, 0.1) is 5.82 Å². The highest BCUT2D eigenvalue weighted by Crippen LogP contribution is 2.39. The fraction of sp³-hybridized carbons (Fsp3) is 0.471. The van der Waals surface area contributed by atoms with Crippen LogP contribution in [0.4, 0.5) is 10.1 Å². The molecule has 0 radical (unpaired) electrons. The minimum Gasteiger partial charge on any atom is -0.339 e. The number of amides is 1. The summed E-state index contributed by atoms with van der Waals surface area (Å²) in [6.45, 7) is 7.99. The molecule has 0 fully saturated rings. The molecule has 0 aromatic heterocycles. The Hall–Kier alpha value is -1.89. The van der Waals surface area contributed by atoms with Crippen molar-refractivity contribution in [1.82, 2.24) is 4.90 Å². The van der Waals surface area contributed by atoms with Crippen LogP contribution in [0.25, 0.3) is 0 Å². The van der Waals surface area contributed by atoms with Crippen molar-refractivity contribution in [3.05, 3.63) is 41.1 Å². The highest BCUT2D eigenvalue weighted by Gasteiger charge is 2.45. The molecule has 1 amide bonds. The third-order valence-corrected chi connectivity index (χ3v) is 6.06. The Morgan fingerprint density at radius 1 is 1.21 bits per heavy atom. The van der Waals surface area contributed by atoms with Crippen molar-refractivity contribution in [3.63, 3.8) is 0 Å². The van der Waals surface area contributed by atoms with Gasteiger partial charge in [-0.2, -0.15) is 0 Å². The van der Waals surface area contributed by atoms with E-state index in [-0.39, 0.29) is 12.5 Å². The summed E-state index contributed by atoms with van der Waals surface area (Å²) >= 11 is 0. The van der Waals surface area contributed by atoms with E-state index in [1.165, 1.54) is 34.0 Å². The quantitative estimate of drug-likeness (QED) is 0.817. The SMILES string of the molecule is CCC(=O)N(CC)CC1=CS(=O)(=O)N(c2ccc(F)cc2)C1(C)C. The van der Waals surface area contributed by atoms with E-state index in [9.17, 15) is 17.6 Å². The molecular weight excluding hydrogens is 331 g/mol. The van der Waals surface area contributed by atoms with Crippen LogP contribution >= 0.6 is 0 Å². The minimum absolute atomic E-state index is 0.0215. The highest BCUT2D eigenvalue weighted by molar-refractivity contribution is 7.96. The molecule has 0 saturated heterocycles. The summed E-state index contributed by atoms with van der Waals surface area (Å²) in [6, 6.07) is 5.36. The minimum atomic E-state index is -3.69. The number of nitrogens with zero attached hydrogens (tertiary/aromatic N) is 2. The van der Waals surface area contributed by atoms with Crippen molar-refractivity contribution in [2.24, 2.45) is 0 Å². The summed E-state index contributed by atoms with van der Waals surface area (Å²) < 4.78 is 39.7. The second kappa shape index (κ2) is 6.55. The molecule has 0 atom stereocenters. The van der Waals surface area contributed by atoms with Crippen molar-refractivity contribution in [1.29, 1.82) is 0 Å². The van der Waals surface area contributed by atoms with Crippen molar-refractivity contribution in [2.45, 2.75) is 39.7 Å². The monoisotopic (exact) mass is 354 g/mol. The van der Waals surface area contributed by atoms with Gasteiger partial charge in [0, 0.05) is 19.5 Å². The van der Waals surface area contributed by atoms with Crippen molar-refractivity contribution < 1.29 is 17.6 Å². The summed E-state index contributed by atoms with van der Waals surface area (Å²) in [7, 11) is -3.69. The third kappa shape index (κ3) is 3.31. The fourth-order valence-electron chi connectivity index (χ4n) is 2.91. The second-order valence-electron chi connectivity index (χ2n) is 6.25. The number of rotatable bonds is 5. The first-order valence-electron chi connectivity index (χ1n) is 7.93. The summed E-state index contributed by atoms with van der Waals surface area (Å²) in [5.41, 5.74) is 0.200. The van der Waals surface area contributed by atoms with Crippen LogP contribution in [0.1, 0.15) is 34.1 Å². The van der Waals surface area contributed by atoms with E-state index in [1.807, 2.05) is 6.92 Å². The van der Waals surface area contributed by atoms with Gasteiger partial charge < -0.3 is 4.90 Å². The number of sulfonamides is 1. The van der Waals surface area contributed by atoms with Gasteiger partial charge in [-0.25, -0.2) is 12.8 Å². The van der Waals surface area contributed by atoms with E-state index in [2.05, 4.69) is 0 Å². The molecule has 0 aliphatic carbocycles. The molecule has 0 bridgehead atoms. The van der Waals surface area contributed by atoms with Gasteiger partial charge in [-0.15, -0.1) is 0 Å². The molecule has 2 rings (SSSR count). The molecule has 0 saturated carbocycles. The van der Waals surface area contributed by atoms with Crippen LogP contribution in [0.5, 0.6) is 0 Å². The molecule has 0 unspecified atom stereocenters. The molecule has 1 aliphatic rings. The summed E-state index contributed by atoms with van der Waals surface area (Å²) in [4.78, 5) is 13.6. The average Bonchev–Trinajstić information content (AvgIpc) is 2.69. The van der Waals surface area contributed by atoms with Gasteiger partial charge >= 0.3 is 0 Å². The van der Waals surface area contributed by atoms with Crippen LogP contribution in [-0.2, 0) is 14.8 Å². The summed E-state index contributed by atoms with van der Waals surface area (Å²) in [5.74, 6) is -0.445. The lowest BCUT2D eigenvalue weighted by molar-refractivity contribution is -0.130. The topological polar surface area (TPSA) is 57.7 Å². The van der Waals surface area contributed by atoms with E-state index in [1.54, 1.807) is 25.7 Å². The molecule has 0 spiro atoms. The normalized spacial score (nSPS) is 18.4. The van der Waals surface area contributed by atoms with Crippen molar-refractivity contribution in [3.8, 4) is 0 Å². The van der Waals surface area contributed by atoms with E-state index in [4.69, 9.17) is 0 Å². The number of hydrogen-bond acceptors (Lipinski definition) is 3. The predicted molar refractivity (Wildman–Crippen MR) is 92.5 cm³/mol. The van der Waals surface area contributed by atoms with E-state index in [0.29, 0.717) is 24.2 Å². The molecule has 7 heteroatoms. The van der Waals surface area contributed by atoms with E-state index in [0.717, 1.165) is 0 Å². The maximum atomic E-state index is 13.2. The Morgan fingerprint density at radius 3 is 2.29 bits per heavy atom. The Morgan fingerprint density at radius 2 is 1.79 bits per heavy atom. The lowest BCUT2D eigenvalue weighted by atomic mass is 9.94. The molecule has 1 heterocycles. The van der Waals surface area contributed by atoms with Crippen LogP contribution in [0.15, 0.2) is 35.2 Å². The van der Waals surface area contributed by atoms with Gasteiger partial charge in [-0.3, -0.25) is 9.10 Å². The maximum absolute atomic E-state index is 13.2. The molecule has 1 aromatic rings. The smallest absolute Gasteiger partial charge is 0.258 e. The van der Waals surface area contributed by atoms with Gasteiger partial charge in [0.15, 0.2) is 0 Å². The lowest BCUT2D eigenvalue weighted by Gasteiger charge is -2.36. The zero-order chi connectivity index (χ0) is 18.1. The number of likely N-dealkylation sites (N-methyl/N-ethyl adjacent to an activating group) is 1. The summed E-state index contributed by atoms with van der Waals surface area (Å²) in [5, 5.41) is 1.22. The van der Waals surface area contributed by atoms with Crippen LogP contribution < -0.4 is 4.31 Å². The van der Waals surface area contributed by atoms with Gasteiger partial charge in [0.25, 0.3) is 10.0 Å². The first-order valence-corrected chi connectivity index (χ1v) is 9.43. The van der Waals surface area contributed by atoms with Gasteiger partial charge in [-0.05, 0) is 50.6 Å². The first-order chi connectivity index (χ1) is 11.1. The van der Waals surface area contributed by atoms with E-state index < -0.39 is 21.4 Å². The molecule has 132 valence electrons. The number of benzene rings is 1. The number of carbonyl (C=O) groups is 1. The Bertz CT molecular complexity index is 755. The van der Waals surface area contributed by atoms with Crippen LogP contribution in [0.2, 0.25) is 0 Å². The maximum Gasteiger partial charge on any atom is 0.258 e. The highest BCUT2D eigenvalue weighted by atomic mass is 32.2. The summed E-state index contributed by atoms with van der Waals surface area (Å²) in [6.07, 6.45) is 0.371.